The first-order chi connectivity index (χ1) is 9.23. The minimum atomic E-state index is -3.12. The summed E-state index contributed by atoms with van der Waals surface area (Å²) in [6.07, 6.45) is 1.09. The summed E-state index contributed by atoms with van der Waals surface area (Å²) in [5.74, 6) is 0.272. The van der Waals surface area contributed by atoms with Gasteiger partial charge in [-0.2, -0.15) is 0 Å². The van der Waals surface area contributed by atoms with E-state index in [0.717, 1.165) is 17.4 Å². The molecule has 1 aromatic rings. The number of hydrogen-bond acceptors (Lipinski definition) is 4. The second kappa shape index (κ2) is 6.74. The monoisotopic (exact) mass is 299 g/mol. The van der Waals surface area contributed by atoms with Gasteiger partial charge in [-0.25, -0.2) is 8.42 Å². The Bertz CT molecular complexity index is 581. The molecule has 112 valence electrons. The zero-order chi connectivity index (χ0) is 15.3. The minimum Gasteiger partial charge on any atom is -0.496 e. The van der Waals surface area contributed by atoms with Crippen LogP contribution in [0.1, 0.15) is 30.5 Å². The Morgan fingerprint density at radius 1 is 1.40 bits per heavy atom. The van der Waals surface area contributed by atoms with Crippen molar-refractivity contribution in [3.8, 4) is 5.75 Å². The third kappa shape index (κ3) is 5.21. The topological polar surface area (TPSA) is 72.5 Å². The lowest BCUT2D eigenvalue weighted by Gasteiger charge is -2.18. The van der Waals surface area contributed by atoms with Crippen LogP contribution in [0.4, 0.5) is 0 Å². The van der Waals surface area contributed by atoms with E-state index in [-0.39, 0.29) is 24.1 Å². The van der Waals surface area contributed by atoms with Crippen LogP contribution in [0.2, 0.25) is 0 Å². The predicted molar refractivity (Wildman–Crippen MR) is 78.6 cm³/mol. The molecule has 0 spiro atoms. The van der Waals surface area contributed by atoms with Gasteiger partial charge < -0.3 is 10.1 Å². The second-order valence-electron chi connectivity index (χ2n) is 4.91. The highest BCUT2D eigenvalue weighted by atomic mass is 32.2. The molecule has 0 saturated carbocycles. The van der Waals surface area contributed by atoms with Crippen LogP contribution in [0.5, 0.6) is 5.75 Å². The van der Waals surface area contributed by atoms with E-state index in [1.165, 1.54) is 0 Å². The molecule has 0 saturated heterocycles. The molecule has 0 fully saturated rings. The first kappa shape index (κ1) is 16.5. The Morgan fingerprint density at radius 2 is 2.05 bits per heavy atom. The number of amides is 1. The highest BCUT2D eigenvalue weighted by Gasteiger charge is 2.15. The van der Waals surface area contributed by atoms with Crippen molar-refractivity contribution in [1.82, 2.24) is 5.32 Å². The van der Waals surface area contributed by atoms with Crippen LogP contribution >= 0.6 is 0 Å². The average Bonchev–Trinajstić information content (AvgIpc) is 2.35. The van der Waals surface area contributed by atoms with Gasteiger partial charge in [-0.1, -0.05) is 17.7 Å². The summed E-state index contributed by atoms with van der Waals surface area (Å²) in [4.78, 5) is 11.7. The molecule has 0 aromatic heterocycles. The molecule has 0 bridgehead atoms. The lowest BCUT2D eigenvalue weighted by Crippen LogP contribution is -2.28. The number of aryl methyl sites for hydroxylation is 1. The van der Waals surface area contributed by atoms with Crippen molar-refractivity contribution in [3.63, 3.8) is 0 Å². The van der Waals surface area contributed by atoms with Gasteiger partial charge in [0.1, 0.15) is 15.6 Å². The van der Waals surface area contributed by atoms with Crippen molar-refractivity contribution >= 4 is 15.7 Å². The van der Waals surface area contributed by atoms with Crippen LogP contribution < -0.4 is 10.1 Å². The van der Waals surface area contributed by atoms with Crippen LogP contribution in [0.15, 0.2) is 18.2 Å². The number of benzene rings is 1. The quantitative estimate of drug-likeness (QED) is 0.866. The Kier molecular flexibility index (Phi) is 5.56. The Balaban J connectivity index is 2.73. The van der Waals surface area contributed by atoms with Crippen LogP contribution in [-0.2, 0) is 14.6 Å². The highest BCUT2D eigenvalue weighted by Crippen LogP contribution is 2.26. The van der Waals surface area contributed by atoms with E-state index in [2.05, 4.69) is 5.32 Å². The molecule has 5 nitrogen and oxygen atoms in total. The van der Waals surface area contributed by atoms with Crippen molar-refractivity contribution in [2.45, 2.75) is 26.3 Å². The molecule has 1 rings (SSSR count). The largest absolute Gasteiger partial charge is 0.496 e. The fourth-order valence-corrected chi connectivity index (χ4v) is 2.42. The first-order valence-electron chi connectivity index (χ1n) is 6.34. The predicted octanol–water partition coefficient (Wildman–Crippen LogP) is 1.62. The van der Waals surface area contributed by atoms with Gasteiger partial charge in [0.2, 0.25) is 5.91 Å². The Morgan fingerprint density at radius 3 is 2.60 bits per heavy atom. The van der Waals surface area contributed by atoms with Crippen LogP contribution in [-0.4, -0.2) is 33.4 Å². The Labute approximate surface area is 120 Å². The lowest BCUT2D eigenvalue weighted by atomic mass is 10.0. The van der Waals surface area contributed by atoms with Gasteiger partial charge in [0.15, 0.2) is 0 Å². The number of rotatable bonds is 6. The van der Waals surface area contributed by atoms with Gasteiger partial charge in [-0.15, -0.1) is 0 Å². The summed E-state index contributed by atoms with van der Waals surface area (Å²) in [6, 6.07) is 5.49. The van der Waals surface area contributed by atoms with E-state index >= 15 is 0 Å². The maximum atomic E-state index is 11.7. The smallest absolute Gasteiger partial charge is 0.221 e. The van der Waals surface area contributed by atoms with Gasteiger partial charge >= 0.3 is 0 Å². The maximum absolute atomic E-state index is 11.7. The zero-order valence-corrected chi connectivity index (χ0v) is 13.1. The SMILES string of the molecule is COc1ccc(C)cc1C(C)NC(=O)CCS(C)(=O)=O. The van der Waals surface area contributed by atoms with Crippen molar-refractivity contribution < 1.29 is 17.9 Å². The van der Waals surface area contributed by atoms with Gasteiger partial charge in [0.25, 0.3) is 0 Å². The fourth-order valence-electron chi connectivity index (χ4n) is 1.86. The van der Waals surface area contributed by atoms with Crippen molar-refractivity contribution in [2.24, 2.45) is 0 Å². The molecule has 0 radical (unpaired) electrons. The van der Waals surface area contributed by atoms with Gasteiger partial charge in [0.05, 0.1) is 18.9 Å². The van der Waals surface area contributed by atoms with Crippen molar-refractivity contribution in [1.29, 1.82) is 0 Å². The molecular weight excluding hydrogens is 278 g/mol. The van der Waals surface area contributed by atoms with E-state index in [4.69, 9.17) is 4.74 Å². The molecule has 1 N–H and O–H groups in total. The van der Waals surface area contributed by atoms with Gasteiger partial charge in [-0.3, -0.25) is 4.79 Å². The normalized spacial score (nSPS) is 12.8. The summed E-state index contributed by atoms with van der Waals surface area (Å²) >= 11 is 0. The summed E-state index contributed by atoms with van der Waals surface area (Å²) in [7, 11) is -1.55. The molecule has 1 aromatic carbocycles. The molecule has 1 amide bonds. The van der Waals surface area contributed by atoms with Crippen LogP contribution in [0, 0.1) is 6.92 Å². The number of ether oxygens (including phenoxy) is 1. The average molecular weight is 299 g/mol. The fraction of sp³-hybridized carbons (Fsp3) is 0.500. The van der Waals surface area contributed by atoms with Crippen molar-refractivity contribution in [3.05, 3.63) is 29.3 Å². The number of hydrogen-bond donors (Lipinski definition) is 1. The van der Waals surface area contributed by atoms with Gasteiger partial charge in [-0.05, 0) is 19.9 Å². The third-order valence-corrected chi connectivity index (χ3v) is 3.87. The van der Waals surface area contributed by atoms with E-state index in [1.54, 1.807) is 7.11 Å². The minimum absolute atomic E-state index is 0.0305. The van der Waals surface area contributed by atoms with E-state index in [1.807, 2.05) is 32.0 Å². The van der Waals surface area contributed by atoms with Gasteiger partial charge in [0, 0.05) is 18.2 Å². The molecule has 1 atom stereocenters. The number of carbonyl (C=O) groups excluding carboxylic acids is 1. The Hall–Kier alpha value is -1.56. The maximum Gasteiger partial charge on any atom is 0.221 e. The molecule has 0 heterocycles. The summed E-state index contributed by atoms with van der Waals surface area (Å²) in [5, 5.41) is 2.79. The standard InChI is InChI=1S/C14H21NO4S/c1-10-5-6-13(19-3)12(9-10)11(2)15-14(16)7-8-20(4,17)18/h5-6,9,11H,7-8H2,1-4H3,(H,15,16). The van der Waals surface area contributed by atoms with E-state index < -0.39 is 9.84 Å². The molecule has 0 aliphatic carbocycles. The number of methoxy groups -OCH3 is 1. The zero-order valence-electron chi connectivity index (χ0n) is 12.3. The molecule has 0 aliphatic rings. The molecule has 0 aliphatic heterocycles. The number of nitrogens with one attached hydrogen (secondary N) is 1. The lowest BCUT2D eigenvalue weighted by molar-refractivity contribution is -0.121. The van der Waals surface area contributed by atoms with E-state index in [0.29, 0.717) is 5.75 Å². The molecule has 1 unspecified atom stereocenters. The highest BCUT2D eigenvalue weighted by molar-refractivity contribution is 7.90. The first-order valence-corrected chi connectivity index (χ1v) is 8.40. The van der Waals surface area contributed by atoms with Crippen molar-refractivity contribution in [2.75, 3.05) is 19.1 Å². The van der Waals surface area contributed by atoms with E-state index in [9.17, 15) is 13.2 Å². The summed E-state index contributed by atoms with van der Waals surface area (Å²) < 4.78 is 27.3. The molecule has 6 heteroatoms. The van der Waals surface area contributed by atoms with Crippen LogP contribution in [0.25, 0.3) is 0 Å². The second-order valence-corrected chi connectivity index (χ2v) is 7.17. The molecule has 20 heavy (non-hydrogen) atoms. The summed E-state index contributed by atoms with van der Waals surface area (Å²) in [5.41, 5.74) is 1.94. The number of carbonyl (C=O) groups is 1. The third-order valence-electron chi connectivity index (χ3n) is 2.93. The summed E-state index contributed by atoms with van der Waals surface area (Å²) in [6.45, 7) is 3.80. The van der Waals surface area contributed by atoms with Crippen LogP contribution in [0.3, 0.4) is 0 Å². The molecular formula is C14H21NO4S. The number of sulfone groups is 1.